The molecule has 1 unspecified atom stereocenters. The minimum absolute atomic E-state index is 0.144. The fourth-order valence-electron chi connectivity index (χ4n) is 5.64. The highest BCUT2D eigenvalue weighted by atomic mass is 16.6. The fourth-order valence-corrected chi connectivity index (χ4v) is 5.64. The number of benzene rings is 1. The maximum absolute atomic E-state index is 10.2. The van der Waals surface area contributed by atoms with Crippen LogP contribution in [0.3, 0.4) is 0 Å². The van der Waals surface area contributed by atoms with E-state index < -0.39 is 6.29 Å². The van der Waals surface area contributed by atoms with Crippen LogP contribution in [0.4, 0.5) is 0 Å². The van der Waals surface area contributed by atoms with Gasteiger partial charge in [0.2, 0.25) is 0 Å². The van der Waals surface area contributed by atoms with Gasteiger partial charge in [-0.2, -0.15) is 0 Å². The number of hydrogen-bond donors (Lipinski definition) is 1. The zero-order valence-electron chi connectivity index (χ0n) is 11.4. The molecule has 3 aliphatic carbocycles. The second-order valence-electron chi connectivity index (χ2n) is 6.99. The molecule has 3 nitrogen and oxygen atoms in total. The molecule has 3 saturated carbocycles. The molecule has 1 heterocycles. The molecule has 1 aliphatic heterocycles. The van der Waals surface area contributed by atoms with Crippen LogP contribution >= 0.6 is 0 Å². The van der Waals surface area contributed by atoms with Crippen molar-refractivity contribution >= 4 is 0 Å². The third-order valence-electron chi connectivity index (χ3n) is 6.42. The van der Waals surface area contributed by atoms with Crippen molar-refractivity contribution in [3.63, 3.8) is 0 Å². The summed E-state index contributed by atoms with van der Waals surface area (Å²) in [6.07, 6.45) is 0.822. The van der Waals surface area contributed by atoms with Gasteiger partial charge in [0.15, 0.2) is 6.29 Å². The molecule has 0 radical (unpaired) electrons. The molecule has 1 aromatic rings. The molecular weight excluding hydrogens is 252 g/mol. The number of hydrogen-bond acceptors (Lipinski definition) is 3. The number of fused-ring (bicyclic) bond motifs is 2. The molecule has 7 atom stereocenters. The van der Waals surface area contributed by atoms with Gasteiger partial charge in [-0.05, 0) is 41.6 Å². The minimum Gasteiger partial charge on any atom is -0.376 e. The molecule has 1 saturated heterocycles. The summed E-state index contributed by atoms with van der Waals surface area (Å²) in [7, 11) is 0. The summed E-state index contributed by atoms with van der Waals surface area (Å²) in [5, 5.41) is 10.2. The van der Waals surface area contributed by atoms with Crippen molar-refractivity contribution in [3.8, 4) is 0 Å². The molecule has 0 bridgehead atoms. The highest BCUT2D eigenvalue weighted by molar-refractivity contribution is 5.31. The lowest BCUT2D eigenvalue weighted by Gasteiger charge is -2.65. The van der Waals surface area contributed by atoms with Crippen molar-refractivity contribution in [3.05, 3.63) is 35.9 Å². The van der Waals surface area contributed by atoms with Crippen molar-refractivity contribution in [2.24, 2.45) is 35.0 Å². The highest BCUT2D eigenvalue weighted by Gasteiger charge is 2.86. The van der Waals surface area contributed by atoms with Gasteiger partial charge in [0.05, 0.1) is 19.8 Å². The largest absolute Gasteiger partial charge is 0.376 e. The summed E-state index contributed by atoms with van der Waals surface area (Å²) in [6, 6.07) is 10.3. The van der Waals surface area contributed by atoms with E-state index in [0.717, 1.165) is 25.0 Å². The maximum atomic E-state index is 10.2. The lowest BCUT2D eigenvalue weighted by molar-refractivity contribution is -0.266. The summed E-state index contributed by atoms with van der Waals surface area (Å²) in [6.45, 7) is 2.26. The summed E-state index contributed by atoms with van der Waals surface area (Å²) in [4.78, 5) is 0. The van der Waals surface area contributed by atoms with Crippen LogP contribution in [-0.2, 0) is 16.1 Å². The van der Waals surface area contributed by atoms with E-state index in [9.17, 15) is 5.11 Å². The van der Waals surface area contributed by atoms with Crippen LogP contribution in [0.1, 0.15) is 12.0 Å². The molecule has 0 aromatic heterocycles. The molecule has 0 amide bonds. The van der Waals surface area contributed by atoms with Crippen molar-refractivity contribution in [1.29, 1.82) is 0 Å². The van der Waals surface area contributed by atoms with Crippen molar-refractivity contribution in [2.45, 2.75) is 19.3 Å². The van der Waals surface area contributed by atoms with E-state index in [-0.39, 0.29) is 5.41 Å². The Hall–Kier alpha value is -0.900. The molecule has 4 fully saturated rings. The minimum atomic E-state index is -0.494. The first-order valence-corrected chi connectivity index (χ1v) is 7.75. The van der Waals surface area contributed by atoms with Gasteiger partial charge in [-0.25, -0.2) is 0 Å². The normalized spacial score (nSPS) is 50.5. The number of aliphatic hydroxyl groups is 1. The Kier molecular flexibility index (Phi) is 2.25. The number of aliphatic hydroxyl groups excluding tert-OH is 1. The number of ether oxygens (including phenoxy) is 2. The monoisotopic (exact) mass is 272 g/mol. The van der Waals surface area contributed by atoms with Crippen LogP contribution in [0.5, 0.6) is 0 Å². The SMILES string of the molecule is O[C@@H]1OC[C@H]2[C@@H](COCc3ccccc3)[C@@H]3[C@H]4C[C@H]4C312. The van der Waals surface area contributed by atoms with Crippen LogP contribution < -0.4 is 0 Å². The first kappa shape index (κ1) is 11.7. The van der Waals surface area contributed by atoms with Gasteiger partial charge in [0.25, 0.3) is 0 Å². The van der Waals surface area contributed by atoms with Gasteiger partial charge in [-0.3, -0.25) is 0 Å². The van der Waals surface area contributed by atoms with Crippen molar-refractivity contribution < 1.29 is 14.6 Å². The first-order valence-electron chi connectivity index (χ1n) is 7.75. The topological polar surface area (TPSA) is 38.7 Å². The summed E-state index contributed by atoms with van der Waals surface area (Å²) in [5.74, 6) is 3.46. The zero-order valence-corrected chi connectivity index (χ0v) is 11.4. The molecule has 5 rings (SSSR count). The molecule has 106 valence electrons. The van der Waals surface area contributed by atoms with Crippen LogP contribution in [0.15, 0.2) is 30.3 Å². The van der Waals surface area contributed by atoms with Crippen LogP contribution in [-0.4, -0.2) is 24.6 Å². The molecule has 1 spiro atoms. The van der Waals surface area contributed by atoms with Crippen LogP contribution in [0.25, 0.3) is 0 Å². The fraction of sp³-hybridized carbons (Fsp3) is 0.647. The Morgan fingerprint density at radius 2 is 2.10 bits per heavy atom. The summed E-state index contributed by atoms with van der Waals surface area (Å²) >= 11 is 0. The van der Waals surface area contributed by atoms with Gasteiger partial charge in [0.1, 0.15) is 0 Å². The van der Waals surface area contributed by atoms with Crippen LogP contribution in [0, 0.1) is 35.0 Å². The summed E-state index contributed by atoms with van der Waals surface area (Å²) < 4.78 is 11.5. The lowest BCUT2D eigenvalue weighted by atomic mass is 9.38. The third-order valence-corrected chi connectivity index (χ3v) is 6.42. The van der Waals surface area contributed by atoms with Crippen molar-refractivity contribution in [2.75, 3.05) is 13.2 Å². The third kappa shape index (κ3) is 1.23. The van der Waals surface area contributed by atoms with Gasteiger partial charge in [-0.1, -0.05) is 30.3 Å². The van der Waals surface area contributed by atoms with Gasteiger partial charge in [0, 0.05) is 5.41 Å². The van der Waals surface area contributed by atoms with E-state index in [1.54, 1.807) is 0 Å². The van der Waals surface area contributed by atoms with E-state index in [2.05, 4.69) is 24.3 Å². The highest BCUT2D eigenvalue weighted by Crippen LogP contribution is 2.86. The second-order valence-corrected chi connectivity index (χ2v) is 6.99. The molecular formula is C17H20O3. The predicted octanol–water partition coefficient (Wildman–Crippen LogP) is 2.05. The average Bonchev–Trinajstić information content (AvgIpc) is 3.07. The molecule has 3 heteroatoms. The number of rotatable bonds is 4. The van der Waals surface area contributed by atoms with Crippen LogP contribution in [0.2, 0.25) is 0 Å². The smallest absolute Gasteiger partial charge is 0.161 e. The van der Waals surface area contributed by atoms with Gasteiger partial charge >= 0.3 is 0 Å². The van der Waals surface area contributed by atoms with E-state index in [0.29, 0.717) is 24.4 Å². The predicted molar refractivity (Wildman–Crippen MR) is 72.6 cm³/mol. The van der Waals surface area contributed by atoms with Crippen molar-refractivity contribution in [1.82, 2.24) is 0 Å². The van der Waals surface area contributed by atoms with Gasteiger partial charge < -0.3 is 14.6 Å². The standard InChI is InChI=1S/C17H20O3/c18-16-17-13-6-11(13)15(17)12(14(17)9-20-16)8-19-7-10-4-2-1-3-5-10/h1-5,11-16,18H,6-9H2/t11-,12+,13+,14-,15-,16+,17?/m0/s1. The Morgan fingerprint density at radius 3 is 2.95 bits per heavy atom. The van der Waals surface area contributed by atoms with Gasteiger partial charge in [-0.15, -0.1) is 0 Å². The molecule has 20 heavy (non-hydrogen) atoms. The average molecular weight is 272 g/mol. The van der Waals surface area contributed by atoms with E-state index in [1.165, 1.54) is 12.0 Å². The molecule has 1 aromatic carbocycles. The maximum Gasteiger partial charge on any atom is 0.161 e. The first-order chi connectivity index (χ1) is 9.83. The summed E-state index contributed by atoms with van der Waals surface area (Å²) in [5.41, 5.74) is 1.38. The Balaban J connectivity index is 1.24. The van der Waals surface area contributed by atoms with E-state index in [4.69, 9.17) is 9.47 Å². The quantitative estimate of drug-likeness (QED) is 0.911. The van der Waals surface area contributed by atoms with E-state index in [1.807, 2.05) is 6.07 Å². The van der Waals surface area contributed by atoms with E-state index >= 15 is 0 Å². The molecule has 1 N–H and O–H groups in total. The second kappa shape index (κ2) is 3.85. The lowest BCUT2D eigenvalue weighted by Crippen LogP contribution is -2.68. The Labute approximate surface area is 118 Å². The Morgan fingerprint density at radius 1 is 1.25 bits per heavy atom. The zero-order chi connectivity index (χ0) is 13.3. The molecule has 4 aliphatic rings. The Bertz CT molecular complexity index is 522.